The first kappa shape index (κ1) is 12.8. The highest BCUT2D eigenvalue weighted by Crippen LogP contribution is 2.03. The Bertz CT molecular complexity index is 208. The van der Waals surface area contributed by atoms with Crippen LogP contribution in [0.25, 0.3) is 0 Å². The van der Waals surface area contributed by atoms with Crippen molar-refractivity contribution in [2.75, 3.05) is 0 Å². The second-order valence-electron chi connectivity index (χ2n) is 2.90. The number of rotatable bonds is 7. The molecule has 0 saturated heterocycles. The number of nitrogens with one attached hydrogen (secondary N) is 1. The Morgan fingerprint density at radius 2 is 1.79 bits per heavy atom. The van der Waals surface area contributed by atoms with E-state index in [1.807, 2.05) is 0 Å². The minimum atomic E-state index is -1.18. The van der Waals surface area contributed by atoms with Gasteiger partial charge in [0, 0.05) is 0 Å². The Kier molecular flexibility index (Phi) is 5.77. The van der Waals surface area contributed by atoms with E-state index in [-0.39, 0.29) is 12.8 Å². The van der Waals surface area contributed by atoms with Gasteiger partial charge in [-0.3, -0.25) is 9.59 Å². The first-order valence-corrected chi connectivity index (χ1v) is 4.09. The topological polar surface area (TPSA) is 133 Å². The Hall–Kier alpha value is -1.18. The van der Waals surface area contributed by atoms with Crippen molar-refractivity contribution < 1.29 is 25.0 Å². The summed E-state index contributed by atoms with van der Waals surface area (Å²) in [7, 11) is 0. The lowest BCUT2D eigenvalue weighted by Crippen LogP contribution is -2.35. The molecule has 0 aromatic carbocycles. The van der Waals surface area contributed by atoms with Crippen LogP contribution in [0, 0.1) is 0 Å². The summed E-state index contributed by atoms with van der Waals surface area (Å²) in [4.78, 5) is 20.6. The van der Waals surface area contributed by atoms with E-state index in [9.17, 15) is 9.59 Å². The summed E-state index contributed by atoms with van der Waals surface area (Å²) in [5.74, 6) is -2.30. The zero-order chi connectivity index (χ0) is 11.1. The molecule has 2 atom stereocenters. The second-order valence-corrected chi connectivity index (χ2v) is 2.90. The Labute approximate surface area is 80.5 Å². The third kappa shape index (κ3) is 4.75. The lowest BCUT2D eigenvalue weighted by molar-refractivity contribution is -0.142. The van der Waals surface area contributed by atoms with E-state index < -0.39 is 24.0 Å². The lowest BCUT2D eigenvalue weighted by Gasteiger charge is -2.10. The van der Waals surface area contributed by atoms with Gasteiger partial charge in [-0.1, -0.05) is 0 Å². The van der Waals surface area contributed by atoms with Crippen molar-refractivity contribution in [2.45, 2.75) is 31.3 Å². The standard InChI is InChI=1S/C7H14N2O5/c8-4(6(10)11)2-1-3-5(9-14)7(12)13/h4-5,9,14H,1-3,8H2,(H,10,11)(H,12,13)/t4-,5+/m1/s1. The molecule has 0 heterocycles. The van der Waals surface area contributed by atoms with Gasteiger partial charge in [0.2, 0.25) is 0 Å². The largest absolute Gasteiger partial charge is 0.480 e. The van der Waals surface area contributed by atoms with Crippen LogP contribution < -0.4 is 11.2 Å². The van der Waals surface area contributed by atoms with Crippen LogP contribution in [-0.2, 0) is 9.59 Å². The van der Waals surface area contributed by atoms with Gasteiger partial charge in [0.25, 0.3) is 0 Å². The third-order valence-electron chi connectivity index (χ3n) is 1.78. The Balaban J connectivity index is 3.71. The Morgan fingerprint density at radius 3 is 2.14 bits per heavy atom. The number of hydroxylamine groups is 1. The van der Waals surface area contributed by atoms with Gasteiger partial charge in [-0.05, 0) is 19.3 Å². The molecule has 0 aromatic heterocycles. The van der Waals surface area contributed by atoms with Crippen LogP contribution in [-0.4, -0.2) is 39.4 Å². The number of nitrogens with two attached hydrogens (primary N) is 1. The van der Waals surface area contributed by atoms with Crippen molar-refractivity contribution >= 4 is 11.9 Å². The number of carbonyl (C=O) groups is 2. The molecule has 0 bridgehead atoms. The molecule has 6 N–H and O–H groups in total. The van der Waals surface area contributed by atoms with Crippen LogP contribution in [0.2, 0.25) is 0 Å². The fraction of sp³-hybridized carbons (Fsp3) is 0.714. The van der Waals surface area contributed by atoms with Crippen LogP contribution in [0.3, 0.4) is 0 Å². The maximum Gasteiger partial charge on any atom is 0.323 e. The van der Waals surface area contributed by atoms with Gasteiger partial charge in [0.05, 0.1) is 0 Å². The van der Waals surface area contributed by atoms with E-state index in [4.69, 9.17) is 21.2 Å². The van der Waals surface area contributed by atoms with Gasteiger partial charge in [-0.2, -0.15) is 5.48 Å². The number of carboxylic acids is 2. The van der Waals surface area contributed by atoms with Gasteiger partial charge in [0.15, 0.2) is 0 Å². The number of aliphatic carboxylic acids is 2. The van der Waals surface area contributed by atoms with Gasteiger partial charge >= 0.3 is 11.9 Å². The van der Waals surface area contributed by atoms with Gasteiger partial charge in [-0.25, -0.2) is 0 Å². The summed E-state index contributed by atoms with van der Waals surface area (Å²) >= 11 is 0. The summed E-state index contributed by atoms with van der Waals surface area (Å²) in [5, 5.41) is 25.3. The Morgan fingerprint density at radius 1 is 1.21 bits per heavy atom. The molecule has 0 saturated carbocycles. The average Bonchev–Trinajstić information content (AvgIpc) is 2.11. The quantitative estimate of drug-likeness (QED) is 0.337. The highest BCUT2D eigenvalue weighted by atomic mass is 16.5. The van der Waals surface area contributed by atoms with Crippen molar-refractivity contribution in [1.29, 1.82) is 0 Å². The van der Waals surface area contributed by atoms with Crippen molar-refractivity contribution in [3.8, 4) is 0 Å². The van der Waals surface area contributed by atoms with E-state index in [0.717, 1.165) is 0 Å². The molecule has 7 nitrogen and oxygen atoms in total. The number of hydrogen-bond donors (Lipinski definition) is 5. The van der Waals surface area contributed by atoms with Crippen molar-refractivity contribution in [3.63, 3.8) is 0 Å². The van der Waals surface area contributed by atoms with E-state index in [1.54, 1.807) is 5.48 Å². The predicted molar refractivity (Wildman–Crippen MR) is 45.8 cm³/mol. The van der Waals surface area contributed by atoms with E-state index >= 15 is 0 Å². The maximum absolute atomic E-state index is 10.4. The maximum atomic E-state index is 10.4. The van der Waals surface area contributed by atoms with Gasteiger partial charge in [-0.15, -0.1) is 0 Å². The van der Waals surface area contributed by atoms with E-state index in [1.165, 1.54) is 0 Å². The lowest BCUT2D eigenvalue weighted by atomic mass is 10.1. The molecule has 82 valence electrons. The van der Waals surface area contributed by atoms with Gasteiger partial charge < -0.3 is 21.2 Å². The molecular formula is C7H14N2O5. The molecule has 0 aliphatic heterocycles. The smallest absolute Gasteiger partial charge is 0.323 e. The molecule has 0 unspecified atom stereocenters. The molecule has 0 aromatic rings. The van der Waals surface area contributed by atoms with Gasteiger partial charge in [0.1, 0.15) is 12.1 Å². The van der Waals surface area contributed by atoms with Crippen molar-refractivity contribution in [1.82, 2.24) is 5.48 Å². The zero-order valence-electron chi connectivity index (χ0n) is 7.51. The summed E-state index contributed by atoms with van der Waals surface area (Å²) in [5.41, 5.74) is 6.81. The number of hydrogen-bond acceptors (Lipinski definition) is 5. The van der Waals surface area contributed by atoms with E-state index in [2.05, 4.69) is 0 Å². The van der Waals surface area contributed by atoms with Crippen LogP contribution in [0.15, 0.2) is 0 Å². The minimum Gasteiger partial charge on any atom is -0.480 e. The molecule has 0 aliphatic rings. The molecule has 0 radical (unpaired) electrons. The van der Waals surface area contributed by atoms with Crippen molar-refractivity contribution in [2.24, 2.45) is 5.73 Å². The second kappa shape index (κ2) is 6.30. The monoisotopic (exact) mass is 206 g/mol. The average molecular weight is 206 g/mol. The normalized spacial score (nSPS) is 14.7. The van der Waals surface area contributed by atoms with E-state index in [0.29, 0.717) is 6.42 Å². The fourth-order valence-electron chi connectivity index (χ4n) is 0.909. The minimum absolute atomic E-state index is 0.132. The summed E-state index contributed by atoms with van der Waals surface area (Å²) in [6.45, 7) is 0. The van der Waals surface area contributed by atoms with Crippen molar-refractivity contribution in [3.05, 3.63) is 0 Å². The first-order chi connectivity index (χ1) is 6.49. The number of carboxylic acid groups (broad SMARTS) is 2. The third-order valence-corrected chi connectivity index (χ3v) is 1.78. The zero-order valence-corrected chi connectivity index (χ0v) is 7.51. The SMILES string of the molecule is N[C@H](CCC[C@H](NO)C(=O)O)C(=O)O. The summed E-state index contributed by atoms with van der Waals surface area (Å²) in [6.07, 6.45) is 0.631. The molecule has 0 fully saturated rings. The molecule has 0 rings (SSSR count). The molecule has 0 spiro atoms. The first-order valence-electron chi connectivity index (χ1n) is 4.09. The highest BCUT2D eigenvalue weighted by Gasteiger charge is 2.17. The highest BCUT2D eigenvalue weighted by molar-refractivity contribution is 5.73. The predicted octanol–water partition coefficient (Wildman–Crippen LogP) is -0.999. The van der Waals surface area contributed by atoms with Crippen LogP contribution >= 0.6 is 0 Å². The summed E-state index contributed by atoms with van der Waals surface area (Å²) < 4.78 is 0. The fourth-order valence-corrected chi connectivity index (χ4v) is 0.909. The van der Waals surface area contributed by atoms with Crippen LogP contribution in [0.1, 0.15) is 19.3 Å². The molecular weight excluding hydrogens is 192 g/mol. The van der Waals surface area contributed by atoms with Crippen LogP contribution in [0.4, 0.5) is 0 Å². The molecule has 14 heavy (non-hydrogen) atoms. The summed E-state index contributed by atoms with van der Waals surface area (Å²) in [6, 6.07) is -2.06. The molecule has 0 aliphatic carbocycles. The molecule has 0 amide bonds. The van der Waals surface area contributed by atoms with Crippen LogP contribution in [0.5, 0.6) is 0 Å². The molecule has 7 heteroatoms.